The van der Waals surface area contributed by atoms with E-state index in [1.807, 2.05) is 19.0 Å². The Kier molecular flexibility index (Phi) is 4.43. The highest BCUT2D eigenvalue weighted by molar-refractivity contribution is 5.47. The highest BCUT2D eigenvalue weighted by atomic mass is 16.1. The first-order valence-electron chi connectivity index (χ1n) is 7.13. The normalized spacial score (nSPS) is 33.2. The Labute approximate surface area is 115 Å². The Balaban J connectivity index is 1.87. The summed E-state index contributed by atoms with van der Waals surface area (Å²) in [6, 6.07) is 3.10. The Bertz CT molecular complexity index is 347. The Morgan fingerprint density at radius 1 is 1.21 bits per heavy atom. The third-order valence-corrected chi connectivity index (χ3v) is 4.86. The van der Waals surface area contributed by atoms with Crippen molar-refractivity contribution in [3.63, 3.8) is 0 Å². The monoisotopic (exact) mass is 264 g/mol. The summed E-state index contributed by atoms with van der Waals surface area (Å²) in [5, 5.41) is 9.42. The molecule has 1 saturated carbocycles. The van der Waals surface area contributed by atoms with Crippen molar-refractivity contribution < 1.29 is 4.79 Å². The van der Waals surface area contributed by atoms with Gasteiger partial charge in [0.2, 0.25) is 6.41 Å². The van der Waals surface area contributed by atoms with Gasteiger partial charge in [0.1, 0.15) is 5.54 Å². The van der Waals surface area contributed by atoms with E-state index in [-0.39, 0.29) is 5.54 Å². The van der Waals surface area contributed by atoms with Crippen LogP contribution in [0.15, 0.2) is 0 Å². The summed E-state index contributed by atoms with van der Waals surface area (Å²) >= 11 is 0. The van der Waals surface area contributed by atoms with Gasteiger partial charge in [-0.2, -0.15) is 5.26 Å². The van der Waals surface area contributed by atoms with Gasteiger partial charge in [-0.15, -0.1) is 0 Å². The molecule has 0 bridgehead atoms. The number of nitrogens with zero attached hydrogens (tertiary/aromatic N) is 4. The number of nitriles is 1. The van der Waals surface area contributed by atoms with E-state index < -0.39 is 0 Å². The van der Waals surface area contributed by atoms with Crippen LogP contribution in [0.5, 0.6) is 0 Å². The summed E-state index contributed by atoms with van der Waals surface area (Å²) in [5.41, 5.74) is -0.263. The highest BCUT2D eigenvalue weighted by Crippen LogP contribution is 2.34. The van der Waals surface area contributed by atoms with Crippen molar-refractivity contribution in [2.75, 3.05) is 40.3 Å². The summed E-state index contributed by atoms with van der Waals surface area (Å²) in [6.45, 7) is 3.64. The van der Waals surface area contributed by atoms with Gasteiger partial charge in [-0.25, -0.2) is 0 Å². The van der Waals surface area contributed by atoms with E-state index in [4.69, 9.17) is 0 Å². The topological polar surface area (TPSA) is 50.6 Å². The molecule has 0 aromatic heterocycles. The number of amides is 1. The lowest BCUT2D eigenvalue weighted by Gasteiger charge is -2.45. The molecule has 0 aromatic rings. The quantitative estimate of drug-likeness (QED) is 0.698. The second-order valence-corrected chi connectivity index (χ2v) is 5.95. The molecule has 0 aromatic carbocycles. The first-order chi connectivity index (χ1) is 9.11. The molecule has 0 radical (unpaired) electrons. The highest BCUT2D eigenvalue weighted by Gasteiger charge is 2.39. The number of piperazine rings is 1. The Morgan fingerprint density at radius 2 is 1.79 bits per heavy atom. The van der Waals surface area contributed by atoms with Crippen molar-refractivity contribution in [2.24, 2.45) is 0 Å². The van der Waals surface area contributed by atoms with Crippen LogP contribution in [0, 0.1) is 11.3 Å². The van der Waals surface area contributed by atoms with E-state index in [0.29, 0.717) is 6.04 Å². The van der Waals surface area contributed by atoms with Crippen LogP contribution in [0.4, 0.5) is 0 Å². The molecular weight excluding hydrogens is 240 g/mol. The molecule has 0 spiro atoms. The fraction of sp³-hybridized carbons (Fsp3) is 0.857. The maximum Gasteiger partial charge on any atom is 0.209 e. The van der Waals surface area contributed by atoms with E-state index in [1.54, 1.807) is 0 Å². The predicted octanol–water partition coefficient (Wildman–Crippen LogP) is 0.527. The molecule has 19 heavy (non-hydrogen) atoms. The van der Waals surface area contributed by atoms with Crippen LogP contribution in [0.1, 0.15) is 25.7 Å². The van der Waals surface area contributed by atoms with Gasteiger partial charge < -0.3 is 4.90 Å². The molecule has 1 amide bonds. The van der Waals surface area contributed by atoms with Crippen LogP contribution < -0.4 is 0 Å². The Morgan fingerprint density at radius 3 is 2.21 bits per heavy atom. The van der Waals surface area contributed by atoms with E-state index in [9.17, 15) is 10.1 Å². The van der Waals surface area contributed by atoms with Gasteiger partial charge >= 0.3 is 0 Å². The summed E-state index contributed by atoms with van der Waals surface area (Å²) in [4.78, 5) is 17.1. The molecule has 1 aliphatic heterocycles. The fourth-order valence-corrected chi connectivity index (χ4v) is 3.31. The number of hydrogen-bond donors (Lipinski definition) is 0. The van der Waals surface area contributed by atoms with Crippen LogP contribution in [0.2, 0.25) is 0 Å². The van der Waals surface area contributed by atoms with Crippen LogP contribution in [-0.2, 0) is 4.79 Å². The molecule has 1 heterocycles. The van der Waals surface area contributed by atoms with Crippen molar-refractivity contribution in [3.05, 3.63) is 0 Å². The van der Waals surface area contributed by atoms with Gasteiger partial charge in [-0.3, -0.25) is 14.6 Å². The predicted molar refractivity (Wildman–Crippen MR) is 73.5 cm³/mol. The summed E-state index contributed by atoms with van der Waals surface area (Å²) < 4.78 is 0. The Hall–Kier alpha value is -1.12. The largest absolute Gasteiger partial charge is 0.343 e. The number of hydrogen-bond acceptors (Lipinski definition) is 4. The van der Waals surface area contributed by atoms with Crippen molar-refractivity contribution >= 4 is 6.41 Å². The van der Waals surface area contributed by atoms with Crippen molar-refractivity contribution in [2.45, 2.75) is 37.3 Å². The smallest absolute Gasteiger partial charge is 0.209 e. The minimum Gasteiger partial charge on any atom is -0.343 e. The number of carbonyl (C=O) groups excluding carboxylic acids is 1. The van der Waals surface area contributed by atoms with Gasteiger partial charge in [0.15, 0.2) is 0 Å². The zero-order valence-corrected chi connectivity index (χ0v) is 12.0. The van der Waals surface area contributed by atoms with E-state index in [2.05, 4.69) is 15.9 Å². The molecule has 2 fully saturated rings. The van der Waals surface area contributed by atoms with Crippen molar-refractivity contribution in [1.29, 1.82) is 5.26 Å². The third-order valence-electron chi connectivity index (χ3n) is 4.86. The standard InChI is InChI=1S/C14H24N4O/c1-16(2)14(11-15)5-3-13(4-6-14)18-9-7-17(12-19)8-10-18/h12-13H,3-10H2,1-2H3. The van der Waals surface area contributed by atoms with Gasteiger partial charge in [0, 0.05) is 32.2 Å². The lowest BCUT2D eigenvalue weighted by Crippen LogP contribution is -2.54. The average molecular weight is 264 g/mol. The lowest BCUT2D eigenvalue weighted by molar-refractivity contribution is -0.120. The number of carbonyl (C=O) groups is 1. The van der Waals surface area contributed by atoms with Crippen LogP contribution >= 0.6 is 0 Å². The molecule has 1 saturated heterocycles. The maximum atomic E-state index is 10.7. The summed E-state index contributed by atoms with van der Waals surface area (Å²) in [7, 11) is 4.01. The fourth-order valence-electron chi connectivity index (χ4n) is 3.31. The van der Waals surface area contributed by atoms with Gasteiger partial charge in [0.25, 0.3) is 0 Å². The minimum atomic E-state index is -0.263. The first-order valence-corrected chi connectivity index (χ1v) is 7.13. The molecular formula is C14H24N4O. The van der Waals surface area contributed by atoms with Crippen LogP contribution in [-0.4, -0.2) is 73.0 Å². The molecule has 5 nitrogen and oxygen atoms in total. The van der Waals surface area contributed by atoms with Crippen molar-refractivity contribution in [1.82, 2.24) is 14.7 Å². The number of rotatable bonds is 3. The molecule has 2 rings (SSSR count). The SMILES string of the molecule is CN(C)C1(C#N)CCC(N2CCN(C=O)CC2)CC1. The average Bonchev–Trinajstić information content (AvgIpc) is 2.47. The molecule has 0 unspecified atom stereocenters. The molecule has 1 aliphatic carbocycles. The van der Waals surface area contributed by atoms with Crippen LogP contribution in [0.3, 0.4) is 0 Å². The van der Waals surface area contributed by atoms with E-state index in [0.717, 1.165) is 58.3 Å². The van der Waals surface area contributed by atoms with E-state index >= 15 is 0 Å². The third kappa shape index (κ3) is 2.90. The molecule has 5 heteroatoms. The van der Waals surface area contributed by atoms with Gasteiger partial charge in [0.05, 0.1) is 6.07 Å². The van der Waals surface area contributed by atoms with Gasteiger partial charge in [-0.1, -0.05) is 0 Å². The molecule has 0 N–H and O–H groups in total. The first kappa shape index (κ1) is 14.3. The minimum absolute atomic E-state index is 0.263. The molecule has 106 valence electrons. The molecule has 0 atom stereocenters. The van der Waals surface area contributed by atoms with Crippen LogP contribution in [0.25, 0.3) is 0 Å². The zero-order chi connectivity index (χ0) is 13.9. The second kappa shape index (κ2) is 5.89. The maximum absolute atomic E-state index is 10.7. The summed E-state index contributed by atoms with van der Waals surface area (Å²) in [6.07, 6.45) is 5.04. The summed E-state index contributed by atoms with van der Waals surface area (Å²) in [5.74, 6) is 0. The van der Waals surface area contributed by atoms with Crippen molar-refractivity contribution in [3.8, 4) is 6.07 Å². The second-order valence-electron chi connectivity index (χ2n) is 5.95. The molecule has 2 aliphatic rings. The van der Waals surface area contributed by atoms with E-state index in [1.165, 1.54) is 0 Å². The van der Waals surface area contributed by atoms with Gasteiger partial charge in [-0.05, 0) is 39.8 Å². The lowest BCUT2D eigenvalue weighted by atomic mass is 9.79. The zero-order valence-electron chi connectivity index (χ0n) is 12.0.